The van der Waals surface area contributed by atoms with E-state index in [4.69, 9.17) is 0 Å². The number of benzene rings is 1. The Morgan fingerprint density at radius 1 is 1.10 bits per heavy atom. The number of hydrogen-bond acceptors (Lipinski definition) is 3. The molecule has 0 radical (unpaired) electrons. The van der Waals surface area contributed by atoms with E-state index in [1.807, 2.05) is 30.3 Å². The molecule has 5 heteroatoms. The lowest BCUT2D eigenvalue weighted by atomic mass is 9.95. The van der Waals surface area contributed by atoms with E-state index in [-0.39, 0.29) is 6.54 Å². The molecule has 1 aliphatic carbocycles. The average molecular weight is 309 g/mol. The topological polar surface area (TPSA) is 66.4 Å². The number of aliphatic hydroxyl groups is 1. The Labute approximate surface area is 126 Å². The van der Waals surface area contributed by atoms with Gasteiger partial charge in [0.2, 0.25) is 10.0 Å². The lowest BCUT2D eigenvalue weighted by Gasteiger charge is -2.26. The molecule has 0 heterocycles. The summed E-state index contributed by atoms with van der Waals surface area (Å²) in [5, 5.41) is 11.6. The van der Waals surface area contributed by atoms with E-state index in [2.05, 4.69) is 4.72 Å². The molecule has 0 saturated heterocycles. The number of sulfonamides is 1. The van der Waals surface area contributed by atoms with Crippen LogP contribution in [0.1, 0.15) is 44.1 Å². The highest BCUT2D eigenvalue weighted by atomic mass is 32.2. The van der Waals surface area contributed by atoms with Gasteiger partial charge in [-0.25, -0.2) is 13.1 Å². The maximum atomic E-state index is 12.0. The summed E-state index contributed by atoms with van der Waals surface area (Å²) in [5.41, 5.74) is -0.0690. The Morgan fingerprint density at radius 2 is 1.71 bits per heavy atom. The molecule has 1 fully saturated rings. The molecule has 0 atom stereocenters. The maximum absolute atomic E-state index is 12.0. The molecule has 0 bridgehead atoms. The highest BCUT2D eigenvalue weighted by molar-refractivity contribution is 7.92. The van der Waals surface area contributed by atoms with Crippen LogP contribution in [0.3, 0.4) is 0 Å². The minimum Gasteiger partial charge on any atom is -0.389 e. The predicted octanol–water partition coefficient (Wildman–Crippen LogP) is 2.66. The normalized spacial score (nSPS) is 19.5. The number of hydrogen-bond donors (Lipinski definition) is 2. The molecule has 1 aliphatic rings. The second-order valence-corrected chi connectivity index (χ2v) is 7.37. The van der Waals surface area contributed by atoms with Crippen molar-refractivity contribution in [1.29, 1.82) is 0 Å². The van der Waals surface area contributed by atoms with E-state index in [0.29, 0.717) is 12.8 Å². The van der Waals surface area contributed by atoms with Crippen molar-refractivity contribution in [3.8, 4) is 0 Å². The molecule has 1 aromatic rings. The molecular formula is C16H23NO3S. The third-order valence-corrected chi connectivity index (χ3v) is 4.92. The van der Waals surface area contributed by atoms with Gasteiger partial charge in [0.05, 0.1) is 5.60 Å². The van der Waals surface area contributed by atoms with Gasteiger partial charge in [-0.05, 0) is 24.5 Å². The van der Waals surface area contributed by atoms with Crippen LogP contribution in [0.15, 0.2) is 35.7 Å². The Kier molecular flexibility index (Phi) is 5.56. The summed E-state index contributed by atoms with van der Waals surface area (Å²) in [6, 6.07) is 9.27. The standard InChI is InChI=1S/C16H23NO3S/c18-16(11-6-1-2-7-12-16)14-17-21(19,20)13-10-15-8-4-3-5-9-15/h3-5,8-10,13,17-18H,1-2,6-7,11-12,14H2/b13-10+. The van der Waals surface area contributed by atoms with Gasteiger partial charge in [0.1, 0.15) is 0 Å². The molecule has 0 aliphatic heterocycles. The van der Waals surface area contributed by atoms with Gasteiger partial charge in [-0.15, -0.1) is 0 Å². The molecule has 21 heavy (non-hydrogen) atoms. The molecule has 116 valence electrons. The van der Waals surface area contributed by atoms with Crippen molar-refractivity contribution in [3.63, 3.8) is 0 Å². The summed E-state index contributed by atoms with van der Waals surface area (Å²) in [4.78, 5) is 0. The quantitative estimate of drug-likeness (QED) is 0.822. The summed E-state index contributed by atoms with van der Waals surface area (Å²) in [7, 11) is -3.52. The third kappa shape index (κ3) is 5.61. The van der Waals surface area contributed by atoms with Crippen molar-refractivity contribution in [2.75, 3.05) is 6.54 Å². The minimum atomic E-state index is -3.52. The van der Waals surface area contributed by atoms with Crippen LogP contribution in [0, 0.1) is 0 Å². The van der Waals surface area contributed by atoms with Crippen LogP contribution in [0.4, 0.5) is 0 Å². The van der Waals surface area contributed by atoms with Gasteiger partial charge >= 0.3 is 0 Å². The Hall–Kier alpha value is -1.17. The highest BCUT2D eigenvalue weighted by Crippen LogP contribution is 2.26. The smallest absolute Gasteiger partial charge is 0.233 e. The summed E-state index contributed by atoms with van der Waals surface area (Å²) in [6.45, 7) is 0.0917. The largest absolute Gasteiger partial charge is 0.389 e. The monoisotopic (exact) mass is 309 g/mol. The van der Waals surface area contributed by atoms with E-state index in [1.54, 1.807) is 6.08 Å². The second kappa shape index (κ2) is 7.20. The zero-order chi connectivity index (χ0) is 15.2. The zero-order valence-corrected chi connectivity index (χ0v) is 13.0. The van der Waals surface area contributed by atoms with Crippen LogP contribution in [0.2, 0.25) is 0 Å². The first-order valence-electron chi connectivity index (χ1n) is 7.44. The summed E-state index contributed by atoms with van der Waals surface area (Å²) >= 11 is 0. The molecule has 1 aromatic carbocycles. The Bertz CT molecular complexity index is 558. The summed E-state index contributed by atoms with van der Waals surface area (Å²) in [6.07, 6.45) is 7.03. The first kappa shape index (κ1) is 16.2. The van der Waals surface area contributed by atoms with Crippen molar-refractivity contribution in [2.45, 2.75) is 44.1 Å². The predicted molar refractivity (Wildman–Crippen MR) is 85.1 cm³/mol. The molecule has 0 unspecified atom stereocenters. The van der Waals surface area contributed by atoms with Crippen LogP contribution in [-0.2, 0) is 10.0 Å². The molecule has 0 spiro atoms. The second-order valence-electron chi connectivity index (χ2n) is 5.72. The maximum Gasteiger partial charge on any atom is 0.233 e. The Morgan fingerprint density at radius 3 is 2.33 bits per heavy atom. The van der Waals surface area contributed by atoms with Gasteiger partial charge in [-0.2, -0.15) is 0 Å². The molecular weight excluding hydrogens is 286 g/mol. The van der Waals surface area contributed by atoms with Crippen molar-refractivity contribution in [3.05, 3.63) is 41.3 Å². The first-order chi connectivity index (χ1) is 9.99. The SMILES string of the molecule is O=S(=O)(/C=C/c1ccccc1)NCC1(O)CCCCCC1. The van der Waals surface area contributed by atoms with Crippen molar-refractivity contribution < 1.29 is 13.5 Å². The fraction of sp³-hybridized carbons (Fsp3) is 0.500. The van der Waals surface area contributed by atoms with E-state index < -0.39 is 15.6 Å². The van der Waals surface area contributed by atoms with Gasteiger partial charge in [-0.3, -0.25) is 0 Å². The molecule has 1 saturated carbocycles. The highest BCUT2D eigenvalue weighted by Gasteiger charge is 2.28. The number of nitrogens with one attached hydrogen (secondary N) is 1. The van der Waals surface area contributed by atoms with Gasteiger partial charge < -0.3 is 5.11 Å². The van der Waals surface area contributed by atoms with Crippen molar-refractivity contribution in [1.82, 2.24) is 4.72 Å². The Balaban J connectivity index is 1.93. The van der Waals surface area contributed by atoms with Gasteiger partial charge in [-0.1, -0.05) is 56.0 Å². The van der Waals surface area contributed by atoms with Crippen molar-refractivity contribution in [2.24, 2.45) is 0 Å². The fourth-order valence-corrected chi connectivity index (χ4v) is 3.48. The average Bonchev–Trinajstić information content (AvgIpc) is 2.70. The molecule has 2 rings (SSSR count). The van der Waals surface area contributed by atoms with E-state index in [1.165, 1.54) is 0 Å². The van der Waals surface area contributed by atoms with Crippen LogP contribution in [0.25, 0.3) is 6.08 Å². The first-order valence-corrected chi connectivity index (χ1v) is 8.99. The van der Waals surface area contributed by atoms with Gasteiger partial charge in [0.15, 0.2) is 0 Å². The van der Waals surface area contributed by atoms with Crippen LogP contribution < -0.4 is 4.72 Å². The van der Waals surface area contributed by atoms with Gasteiger partial charge in [0, 0.05) is 12.0 Å². The third-order valence-electron chi connectivity index (χ3n) is 3.88. The minimum absolute atomic E-state index is 0.0917. The van der Waals surface area contributed by atoms with Crippen molar-refractivity contribution >= 4 is 16.1 Å². The molecule has 2 N–H and O–H groups in total. The summed E-state index contributed by atoms with van der Waals surface area (Å²) in [5.74, 6) is 0. The molecule has 4 nitrogen and oxygen atoms in total. The summed E-state index contributed by atoms with van der Waals surface area (Å²) < 4.78 is 26.4. The van der Waals surface area contributed by atoms with E-state index in [0.717, 1.165) is 36.7 Å². The number of rotatable bonds is 5. The van der Waals surface area contributed by atoms with Crippen LogP contribution >= 0.6 is 0 Å². The van der Waals surface area contributed by atoms with Gasteiger partial charge in [0.25, 0.3) is 0 Å². The van der Waals surface area contributed by atoms with Crippen LogP contribution in [0.5, 0.6) is 0 Å². The zero-order valence-electron chi connectivity index (χ0n) is 12.2. The molecule has 0 aromatic heterocycles. The molecule has 0 amide bonds. The van der Waals surface area contributed by atoms with E-state index >= 15 is 0 Å². The lowest BCUT2D eigenvalue weighted by molar-refractivity contribution is 0.0304. The van der Waals surface area contributed by atoms with Crippen LogP contribution in [-0.4, -0.2) is 25.7 Å². The fourth-order valence-electron chi connectivity index (χ4n) is 2.58. The lowest BCUT2D eigenvalue weighted by Crippen LogP contribution is -2.41. The van der Waals surface area contributed by atoms with E-state index in [9.17, 15) is 13.5 Å².